The van der Waals surface area contributed by atoms with Crippen molar-refractivity contribution in [3.8, 4) is 0 Å². The van der Waals surface area contributed by atoms with E-state index in [9.17, 15) is 10.1 Å². The number of rotatable bonds is 10. The van der Waals surface area contributed by atoms with Crippen LogP contribution in [0, 0.1) is 16.0 Å². The Kier molecular flexibility index (Phi) is 10.4. The summed E-state index contributed by atoms with van der Waals surface area (Å²) in [7, 11) is 0. The van der Waals surface area contributed by atoms with Crippen molar-refractivity contribution in [1.29, 1.82) is 0 Å². The fourth-order valence-electron chi connectivity index (χ4n) is 2.24. The SMILES string of the molecule is CCNC(=NCc1ccccc1[N+](=O)[O-])NCCCOCC1CC1.I. The molecule has 1 fully saturated rings. The zero-order valence-corrected chi connectivity index (χ0v) is 16.9. The van der Waals surface area contributed by atoms with Crippen LogP contribution in [0.25, 0.3) is 0 Å². The van der Waals surface area contributed by atoms with E-state index < -0.39 is 0 Å². The first kappa shape index (κ1) is 21.6. The molecule has 1 aliphatic carbocycles. The summed E-state index contributed by atoms with van der Waals surface area (Å²) in [4.78, 5) is 15.1. The second-order valence-electron chi connectivity index (χ2n) is 5.88. The summed E-state index contributed by atoms with van der Waals surface area (Å²) >= 11 is 0. The maximum absolute atomic E-state index is 11.0. The Hall–Kier alpha value is -1.42. The monoisotopic (exact) mass is 462 g/mol. The second-order valence-corrected chi connectivity index (χ2v) is 5.88. The van der Waals surface area contributed by atoms with Crippen molar-refractivity contribution in [2.75, 3.05) is 26.3 Å². The van der Waals surface area contributed by atoms with Crippen LogP contribution >= 0.6 is 24.0 Å². The third-order valence-corrected chi connectivity index (χ3v) is 3.75. The maximum atomic E-state index is 11.0. The largest absolute Gasteiger partial charge is 0.381 e. The molecule has 0 unspecified atom stereocenters. The van der Waals surface area contributed by atoms with E-state index in [1.165, 1.54) is 18.9 Å². The number of nitrogens with zero attached hydrogens (tertiary/aromatic N) is 2. The van der Waals surface area contributed by atoms with Gasteiger partial charge in [-0.05, 0) is 32.1 Å². The highest BCUT2D eigenvalue weighted by molar-refractivity contribution is 14.0. The van der Waals surface area contributed by atoms with Gasteiger partial charge in [0.15, 0.2) is 5.96 Å². The number of nitro benzene ring substituents is 1. The van der Waals surface area contributed by atoms with E-state index in [1.807, 2.05) is 6.92 Å². The van der Waals surface area contributed by atoms with Gasteiger partial charge in [-0.1, -0.05) is 18.2 Å². The number of nitro groups is 1. The number of para-hydroxylation sites is 1. The number of ether oxygens (including phenoxy) is 1. The molecular weight excluding hydrogens is 435 g/mol. The maximum Gasteiger partial charge on any atom is 0.274 e. The molecule has 2 N–H and O–H groups in total. The van der Waals surface area contributed by atoms with Gasteiger partial charge in [-0.25, -0.2) is 4.99 Å². The molecule has 0 radical (unpaired) electrons. The van der Waals surface area contributed by atoms with Gasteiger partial charge in [-0.15, -0.1) is 24.0 Å². The highest BCUT2D eigenvalue weighted by atomic mass is 127. The molecule has 0 amide bonds. The van der Waals surface area contributed by atoms with Crippen molar-refractivity contribution in [2.45, 2.75) is 32.7 Å². The fourth-order valence-corrected chi connectivity index (χ4v) is 2.24. The summed E-state index contributed by atoms with van der Waals surface area (Å²) in [5.74, 6) is 1.45. The van der Waals surface area contributed by atoms with Gasteiger partial charge < -0.3 is 15.4 Å². The third-order valence-electron chi connectivity index (χ3n) is 3.75. The molecular formula is C17H27IN4O3. The molecule has 8 heteroatoms. The average Bonchev–Trinajstić information content (AvgIpc) is 3.40. The number of hydrogen-bond donors (Lipinski definition) is 2. The molecule has 0 spiro atoms. The minimum absolute atomic E-state index is 0. The van der Waals surface area contributed by atoms with E-state index in [4.69, 9.17) is 4.74 Å². The van der Waals surface area contributed by atoms with E-state index in [2.05, 4.69) is 15.6 Å². The van der Waals surface area contributed by atoms with Crippen LogP contribution in [0.1, 0.15) is 31.7 Å². The summed E-state index contributed by atoms with van der Waals surface area (Å²) < 4.78 is 5.60. The Morgan fingerprint density at radius 3 is 2.80 bits per heavy atom. The zero-order valence-electron chi connectivity index (χ0n) is 14.6. The quantitative estimate of drug-likeness (QED) is 0.139. The minimum atomic E-state index is -0.373. The number of aliphatic imine (C=N–C) groups is 1. The molecule has 0 aliphatic heterocycles. The van der Waals surface area contributed by atoms with E-state index in [0.29, 0.717) is 11.5 Å². The molecule has 7 nitrogen and oxygen atoms in total. The summed E-state index contributed by atoms with van der Waals surface area (Å²) in [5.41, 5.74) is 0.707. The lowest BCUT2D eigenvalue weighted by molar-refractivity contribution is -0.385. The molecule has 0 atom stereocenters. The van der Waals surface area contributed by atoms with E-state index in [1.54, 1.807) is 18.2 Å². The fraction of sp³-hybridized carbons (Fsp3) is 0.588. The van der Waals surface area contributed by atoms with E-state index in [0.717, 1.165) is 38.6 Å². The molecule has 0 bridgehead atoms. The number of hydrogen-bond acceptors (Lipinski definition) is 4. The summed E-state index contributed by atoms with van der Waals surface area (Å²) in [5, 5.41) is 17.4. The second kappa shape index (κ2) is 12.0. The van der Waals surface area contributed by atoms with Gasteiger partial charge in [-0.2, -0.15) is 0 Å². The molecule has 0 aromatic heterocycles. The third kappa shape index (κ3) is 8.48. The van der Waals surface area contributed by atoms with Gasteiger partial charge in [0.2, 0.25) is 0 Å². The molecule has 140 valence electrons. The minimum Gasteiger partial charge on any atom is -0.381 e. The van der Waals surface area contributed by atoms with Crippen LogP contribution in [-0.4, -0.2) is 37.2 Å². The zero-order chi connectivity index (χ0) is 17.2. The smallest absolute Gasteiger partial charge is 0.274 e. The van der Waals surface area contributed by atoms with Crippen molar-refractivity contribution in [2.24, 2.45) is 10.9 Å². The molecule has 1 aliphatic rings. The molecule has 2 rings (SSSR count). The highest BCUT2D eigenvalue weighted by Crippen LogP contribution is 2.28. The van der Waals surface area contributed by atoms with E-state index >= 15 is 0 Å². The lowest BCUT2D eigenvalue weighted by Crippen LogP contribution is -2.38. The molecule has 25 heavy (non-hydrogen) atoms. The van der Waals surface area contributed by atoms with Crippen molar-refractivity contribution in [1.82, 2.24) is 10.6 Å². The Balaban J connectivity index is 0.00000312. The van der Waals surface area contributed by atoms with Crippen LogP contribution in [0.3, 0.4) is 0 Å². The van der Waals surface area contributed by atoms with Gasteiger partial charge in [-0.3, -0.25) is 10.1 Å². The van der Waals surface area contributed by atoms with Crippen molar-refractivity contribution in [3.63, 3.8) is 0 Å². The highest BCUT2D eigenvalue weighted by Gasteiger charge is 2.20. The summed E-state index contributed by atoms with van der Waals surface area (Å²) in [6, 6.07) is 6.69. The van der Waals surface area contributed by atoms with Crippen LogP contribution in [-0.2, 0) is 11.3 Å². The first-order valence-electron chi connectivity index (χ1n) is 8.53. The van der Waals surface area contributed by atoms with Gasteiger partial charge in [0, 0.05) is 32.4 Å². The molecule has 0 heterocycles. The summed E-state index contributed by atoms with van der Waals surface area (Å²) in [6.45, 7) is 5.37. The van der Waals surface area contributed by atoms with Crippen LogP contribution in [0.2, 0.25) is 0 Å². The van der Waals surface area contributed by atoms with Gasteiger partial charge in [0.1, 0.15) is 0 Å². The number of halogens is 1. The van der Waals surface area contributed by atoms with Crippen LogP contribution < -0.4 is 10.6 Å². The normalized spacial score (nSPS) is 13.9. The lowest BCUT2D eigenvalue weighted by atomic mass is 10.2. The van der Waals surface area contributed by atoms with Crippen LogP contribution in [0.4, 0.5) is 5.69 Å². The standard InChI is InChI=1S/C17H26N4O3.HI/c1-2-18-17(19-10-5-11-24-13-14-8-9-14)20-12-15-6-3-4-7-16(15)21(22)23;/h3-4,6-7,14H,2,5,8-13H2,1H3,(H2,18,19,20);1H. The van der Waals surface area contributed by atoms with Crippen LogP contribution in [0.5, 0.6) is 0 Å². The van der Waals surface area contributed by atoms with Crippen molar-refractivity contribution >= 4 is 35.6 Å². The number of benzene rings is 1. The lowest BCUT2D eigenvalue weighted by Gasteiger charge is -2.11. The predicted octanol–water partition coefficient (Wildman–Crippen LogP) is 3.08. The first-order valence-corrected chi connectivity index (χ1v) is 8.53. The predicted molar refractivity (Wildman–Crippen MR) is 109 cm³/mol. The molecule has 0 saturated heterocycles. The Labute approximate surface area is 165 Å². The number of guanidine groups is 1. The van der Waals surface area contributed by atoms with Gasteiger partial charge in [0.05, 0.1) is 17.0 Å². The van der Waals surface area contributed by atoms with Gasteiger partial charge in [0.25, 0.3) is 5.69 Å². The molecule has 1 aromatic rings. The van der Waals surface area contributed by atoms with Crippen molar-refractivity contribution in [3.05, 3.63) is 39.9 Å². The average molecular weight is 462 g/mol. The van der Waals surface area contributed by atoms with Gasteiger partial charge >= 0.3 is 0 Å². The number of nitrogens with one attached hydrogen (secondary N) is 2. The Morgan fingerprint density at radius 2 is 2.12 bits per heavy atom. The topological polar surface area (TPSA) is 88.8 Å². The Bertz CT molecular complexity index is 565. The first-order chi connectivity index (χ1) is 11.7. The molecule has 1 saturated carbocycles. The summed E-state index contributed by atoms with van der Waals surface area (Å²) in [6.07, 6.45) is 3.52. The Morgan fingerprint density at radius 1 is 1.36 bits per heavy atom. The van der Waals surface area contributed by atoms with E-state index in [-0.39, 0.29) is 41.1 Å². The van der Waals surface area contributed by atoms with Crippen LogP contribution in [0.15, 0.2) is 29.3 Å². The van der Waals surface area contributed by atoms with Crippen molar-refractivity contribution < 1.29 is 9.66 Å². The molecule has 1 aromatic carbocycles.